The van der Waals surface area contributed by atoms with Gasteiger partial charge >= 0.3 is 24.3 Å². The normalized spacial score (nSPS) is 12.4. The zero-order valence-corrected chi connectivity index (χ0v) is 13.6. The summed E-state index contributed by atoms with van der Waals surface area (Å²) in [5.74, 6) is -3.92. The number of methoxy groups -OCH3 is 2. The minimum Gasteiger partial charge on any atom is -0.466 e. The number of nitrogens with one attached hydrogen (secondary N) is 1. The highest BCUT2D eigenvalue weighted by molar-refractivity contribution is 6.04. The number of benzene rings is 1. The van der Waals surface area contributed by atoms with Crippen LogP contribution in [0, 0.1) is 0 Å². The molecule has 0 radical (unpaired) electrons. The maximum Gasteiger partial charge on any atom is 0.416 e. The lowest BCUT2D eigenvalue weighted by Gasteiger charge is -2.14. The second-order valence-corrected chi connectivity index (χ2v) is 4.82. The van der Waals surface area contributed by atoms with Crippen LogP contribution in [0.3, 0.4) is 0 Å². The zero-order valence-electron chi connectivity index (χ0n) is 13.6. The van der Waals surface area contributed by atoms with Crippen LogP contribution in [0.25, 0.3) is 0 Å². The first-order chi connectivity index (χ1) is 12.3. The molecule has 6 nitrogen and oxygen atoms in total. The fourth-order valence-corrected chi connectivity index (χ4v) is 1.71. The Labute approximate surface area is 147 Å². The van der Waals surface area contributed by atoms with Crippen molar-refractivity contribution in [3.63, 3.8) is 0 Å². The molecule has 0 spiro atoms. The van der Waals surface area contributed by atoms with Crippen LogP contribution in [0.2, 0.25) is 0 Å². The smallest absolute Gasteiger partial charge is 0.416 e. The van der Waals surface area contributed by atoms with Crippen LogP contribution in [0.15, 0.2) is 30.0 Å². The lowest BCUT2D eigenvalue weighted by atomic mass is 10.0. The summed E-state index contributed by atoms with van der Waals surface area (Å²) in [6.07, 6.45) is -9.88. The Morgan fingerprint density at radius 1 is 0.889 bits per heavy atom. The summed E-state index contributed by atoms with van der Waals surface area (Å²) in [5.41, 5.74) is -5.34. The fraction of sp³-hybridized carbons (Fsp3) is 0.267. The average Bonchev–Trinajstić information content (AvgIpc) is 2.58. The minimum absolute atomic E-state index is 0.164. The largest absolute Gasteiger partial charge is 0.466 e. The van der Waals surface area contributed by atoms with Gasteiger partial charge in [-0.25, -0.2) is 9.59 Å². The van der Waals surface area contributed by atoms with E-state index in [-0.39, 0.29) is 18.2 Å². The van der Waals surface area contributed by atoms with Gasteiger partial charge in [0.05, 0.1) is 31.4 Å². The molecule has 12 heteroatoms. The van der Waals surface area contributed by atoms with Gasteiger partial charge in [0.2, 0.25) is 0 Å². The van der Waals surface area contributed by atoms with Crippen LogP contribution in [0.5, 0.6) is 0 Å². The molecule has 148 valence electrons. The number of ether oxygens (including phenoxy) is 2. The fourth-order valence-electron chi connectivity index (χ4n) is 1.71. The van der Waals surface area contributed by atoms with Crippen molar-refractivity contribution in [2.75, 3.05) is 14.2 Å². The number of alkyl halides is 6. The predicted octanol–water partition coefficient (Wildman–Crippen LogP) is 2.68. The summed E-state index contributed by atoms with van der Waals surface area (Å²) in [6.45, 7) is 0. The van der Waals surface area contributed by atoms with Gasteiger partial charge in [0.1, 0.15) is 5.70 Å². The van der Waals surface area contributed by atoms with Crippen LogP contribution in [-0.4, -0.2) is 32.1 Å². The van der Waals surface area contributed by atoms with E-state index in [4.69, 9.17) is 0 Å². The Kier molecular flexibility index (Phi) is 6.60. The maximum atomic E-state index is 12.8. The molecule has 0 aliphatic heterocycles. The van der Waals surface area contributed by atoms with Crippen LogP contribution >= 0.6 is 0 Å². The number of carbonyl (C=O) groups is 3. The molecule has 1 N–H and O–H groups in total. The Bertz CT molecular complexity index is 750. The molecule has 27 heavy (non-hydrogen) atoms. The number of hydrogen-bond donors (Lipinski definition) is 1. The first kappa shape index (κ1) is 22.0. The highest BCUT2D eigenvalue weighted by atomic mass is 19.4. The second-order valence-electron chi connectivity index (χ2n) is 4.82. The molecule has 0 atom stereocenters. The van der Waals surface area contributed by atoms with Gasteiger partial charge < -0.3 is 14.8 Å². The molecule has 0 saturated heterocycles. The Hall–Kier alpha value is -3.05. The molecule has 0 fully saturated rings. The van der Waals surface area contributed by atoms with Crippen molar-refractivity contribution in [1.29, 1.82) is 0 Å². The summed E-state index contributed by atoms with van der Waals surface area (Å²) in [7, 11) is 1.80. The third kappa shape index (κ3) is 6.01. The maximum absolute atomic E-state index is 12.8. The Morgan fingerprint density at radius 3 is 1.74 bits per heavy atom. The molecule has 1 aromatic rings. The van der Waals surface area contributed by atoms with E-state index in [9.17, 15) is 40.7 Å². The van der Waals surface area contributed by atoms with E-state index < -0.39 is 52.6 Å². The van der Waals surface area contributed by atoms with Crippen molar-refractivity contribution in [2.24, 2.45) is 0 Å². The van der Waals surface area contributed by atoms with Gasteiger partial charge in [-0.1, -0.05) is 0 Å². The number of halogens is 6. The third-order valence-corrected chi connectivity index (χ3v) is 2.97. The molecule has 0 aromatic heterocycles. The molecular weight excluding hydrogens is 388 g/mol. The van der Waals surface area contributed by atoms with Gasteiger partial charge in [-0.05, 0) is 18.2 Å². The van der Waals surface area contributed by atoms with Crippen molar-refractivity contribution in [2.45, 2.75) is 12.4 Å². The van der Waals surface area contributed by atoms with Gasteiger partial charge in [-0.15, -0.1) is 0 Å². The van der Waals surface area contributed by atoms with Gasteiger partial charge in [0.15, 0.2) is 0 Å². The van der Waals surface area contributed by atoms with E-state index in [1.165, 1.54) is 0 Å². The van der Waals surface area contributed by atoms with E-state index in [1.54, 1.807) is 5.32 Å². The number of hydrogen-bond acceptors (Lipinski definition) is 5. The Balaban J connectivity index is 3.38. The van der Waals surface area contributed by atoms with E-state index in [0.29, 0.717) is 6.08 Å². The van der Waals surface area contributed by atoms with E-state index in [0.717, 1.165) is 14.2 Å². The van der Waals surface area contributed by atoms with Crippen molar-refractivity contribution in [3.8, 4) is 0 Å². The molecule has 0 aliphatic carbocycles. The molecule has 1 aromatic carbocycles. The van der Waals surface area contributed by atoms with Crippen molar-refractivity contribution in [3.05, 3.63) is 46.7 Å². The van der Waals surface area contributed by atoms with Crippen molar-refractivity contribution in [1.82, 2.24) is 5.32 Å². The molecule has 1 amide bonds. The molecular formula is C15H11F6NO5. The predicted molar refractivity (Wildman–Crippen MR) is 76.0 cm³/mol. The number of amides is 1. The van der Waals surface area contributed by atoms with Gasteiger partial charge in [0.25, 0.3) is 5.91 Å². The monoisotopic (exact) mass is 399 g/mol. The second kappa shape index (κ2) is 8.10. The van der Waals surface area contributed by atoms with Gasteiger partial charge in [0, 0.05) is 5.56 Å². The first-order valence-corrected chi connectivity index (χ1v) is 6.78. The van der Waals surface area contributed by atoms with Crippen LogP contribution in [0.4, 0.5) is 26.3 Å². The summed E-state index contributed by atoms with van der Waals surface area (Å²) >= 11 is 0. The summed E-state index contributed by atoms with van der Waals surface area (Å²) in [5, 5.41) is 1.72. The van der Waals surface area contributed by atoms with Crippen molar-refractivity contribution < 1.29 is 50.2 Å². The standard InChI is InChI=1S/C15H11F6NO5/c1-26-11(23)6-10(13(25)27-2)22-12(24)7-3-8(14(16,17)18)5-9(4-7)15(19,20)21/h3-6H,1-2H3,(H,22,24)/b10-6+. The Morgan fingerprint density at radius 2 is 1.37 bits per heavy atom. The minimum atomic E-state index is -5.16. The van der Waals surface area contributed by atoms with Crippen LogP contribution in [-0.2, 0) is 31.4 Å². The van der Waals surface area contributed by atoms with Crippen LogP contribution < -0.4 is 5.32 Å². The lowest BCUT2D eigenvalue weighted by molar-refractivity contribution is -0.143. The number of carbonyl (C=O) groups excluding carboxylic acids is 3. The summed E-state index contributed by atoms with van der Waals surface area (Å²) in [4.78, 5) is 34.7. The molecule has 0 aliphatic rings. The number of esters is 2. The van der Waals surface area contributed by atoms with E-state index in [2.05, 4.69) is 9.47 Å². The van der Waals surface area contributed by atoms with Gasteiger partial charge in [-0.2, -0.15) is 26.3 Å². The van der Waals surface area contributed by atoms with Crippen LogP contribution in [0.1, 0.15) is 21.5 Å². The number of rotatable bonds is 4. The quantitative estimate of drug-likeness (QED) is 0.478. The third-order valence-electron chi connectivity index (χ3n) is 2.97. The molecule has 0 unspecified atom stereocenters. The highest BCUT2D eigenvalue weighted by Gasteiger charge is 2.37. The topological polar surface area (TPSA) is 81.7 Å². The summed E-state index contributed by atoms with van der Waals surface area (Å²) < 4.78 is 85.4. The zero-order chi connectivity index (χ0) is 21.0. The molecule has 1 rings (SSSR count). The molecule has 0 saturated carbocycles. The average molecular weight is 399 g/mol. The van der Waals surface area contributed by atoms with E-state index in [1.807, 2.05) is 0 Å². The highest BCUT2D eigenvalue weighted by Crippen LogP contribution is 2.36. The SMILES string of the molecule is COC(=O)/C=C(/NC(=O)c1cc(C(F)(F)F)cc(C(F)(F)F)c1)C(=O)OC. The molecule has 0 bridgehead atoms. The van der Waals surface area contributed by atoms with Crippen molar-refractivity contribution >= 4 is 17.8 Å². The first-order valence-electron chi connectivity index (χ1n) is 6.78. The van der Waals surface area contributed by atoms with Gasteiger partial charge in [-0.3, -0.25) is 4.79 Å². The van der Waals surface area contributed by atoms with E-state index >= 15 is 0 Å². The lowest BCUT2D eigenvalue weighted by Crippen LogP contribution is -2.29. The summed E-state index contributed by atoms with van der Waals surface area (Å²) in [6, 6.07) is 0.164. The molecule has 0 heterocycles.